The van der Waals surface area contributed by atoms with Gasteiger partial charge in [-0.15, -0.1) is 11.3 Å². The van der Waals surface area contributed by atoms with Crippen LogP contribution >= 0.6 is 11.3 Å². The van der Waals surface area contributed by atoms with E-state index in [9.17, 15) is 14.9 Å². The van der Waals surface area contributed by atoms with E-state index >= 15 is 0 Å². The van der Waals surface area contributed by atoms with Crippen LogP contribution in [0, 0.1) is 17.0 Å². The summed E-state index contributed by atoms with van der Waals surface area (Å²) in [7, 11) is 0. The summed E-state index contributed by atoms with van der Waals surface area (Å²) in [5.41, 5.74) is 0.663. The van der Waals surface area contributed by atoms with E-state index in [0.29, 0.717) is 30.7 Å². The standard InChI is InChI=1S/C17H22N4O4S/c1-10-18-14-13(26-10)6-5-12(21(23)24)15(14)20-8-7-11(9-20)19-16(22)25-17(2,3)4/h5-6,11H,7-9H2,1-4H3,(H,19,22). The summed E-state index contributed by atoms with van der Waals surface area (Å²) in [6.07, 6.45) is 0.220. The van der Waals surface area contributed by atoms with Gasteiger partial charge in [-0.25, -0.2) is 9.78 Å². The fraction of sp³-hybridized carbons (Fsp3) is 0.529. The minimum absolute atomic E-state index is 0.0423. The maximum absolute atomic E-state index is 12.0. The van der Waals surface area contributed by atoms with E-state index in [1.54, 1.807) is 6.07 Å². The number of nitrogens with zero attached hydrogens (tertiary/aromatic N) is 3. The van der Waals surface area contributed by atoms with Crippen molar-refractivity contribution in [1.82, 2.24) is 10.3 Å². The number of nitro groups is 1. The van der Waals surface area contributed by atoms with Gasteiger partial charge < -0.3 is 15.0 Å². The van der Waals surface area contributed by atoms with Gasteiger partial charge in [-0.1, -0.05) is 0 Å². The van der Waals surface area contributed by atoms with Crippen molar-refractivity contribution < 1.29 is 14.5 Å². The molecule has 1 unspecified atom stereocenters. The van der Waals surface area contributed by atoms with E-state index in [0.717, 1.165) is 9.71 Å². The molecule has 26 heavy (non-hydrogen) atoms. The number of hydrogen-bond donors (Lipinski definition) is 1. The second-order valence-corrected chi connectivity index (χ2v) is 8.58. The van der Waals surface area contributed by atoms with Crippen molar-refractivity contribution in [2.45, 2.75) is 45.8 Å². The van der Waals surface area contributed by atoms with Crippen molar-refractivity contribution in [3.63, 3.8) is 0 Å². The second-order valence-electron chi connectivity index (χ2n) is 7.35. The minimum Gasteiger partial charge on any atom is -0.444 e. The molecule has 1 N–H and O–H groups in total. The van der Waals surface area contributed by atoms with E-state index in [1.165, 1.54) is 17.4 Å². The lowest BCUT2D eigenvalue weighted by Crippen LogP contribution is -2.40. The van der Waals surface area contributed by atoms with Crippen LogP contribution in [0.3, 0.4) is 0 Å². The number of rotatable bonds is 3. The van der Waals surface area contributed by atoms with Crippen LogP contribution in [0.5, 0.6) is 0 Å². The number of fused-ring (bicyclic) bond motifs is 1. The van der Waals surface area contributed by atoms with Crippen molar-refractivity contribution in [3.05, 3.63) is 27.3 Å². The third-order valence-corrected chi connectivity index (χ3v) is 4.98. The highest BCUT2D eigenvalue weighted by Crippen LogP contribution is 2.39. The maximum atomic E-state index is 12.0. The molecule has 0 spiro atoms. The Bertz CT molecular complexity index is 858. The zero-order valence-corrected chi connectivity index (χ0v) is 16.1. The van der Waals surface area contributed by atoms with Crippen molar-refractivity contribution in [3.8, 4) is 0 Å². The Kier molecular flexibility index (Phi) is 4.74. The van der Waals surface area contributed by atoms with Crippen LogP contribution in [-0.4, -0.2) is 40.7 Å². The Balaban J connectivity index is 1.83. The molecule has 0 aliphatic carbocycles. The molecule has 0 saturated carbocycles. The molecular weight excluding hydrogens is 356 g/mol. The van der Waals surface area contributed by atoms with Crippen LogP contribution in [0.2, 0.25) is 0 Å². The first-order valence-electron chi connectivity index (χ1n) is 8.43. The molecular formula is C17H22N4O4S. The lowest BCUT2D eigenvalue weighted by atomic mass is 10.2. The van der Waals surface area contributed by atoms with E-state index in [2.05, 4.69) is 10.3 Å². The Hall–Kier alpha value is -2.42. The van der Waals surface area contributed by atoms with Gasteiger partial charge in [-0.3, -0.25) is 10.1 Å². The van der Waals surface area contributed by atoms with Crippen molar-refractivity contribution in [2.24, 2.45) is 0 Å². The summed E-state index contributed by atoms with van der Waals surface area (Å²) in [5.74, 6) is 0. The second kappa shape index (κ2) is 6.71. The zero-order valence-electron chi connectivity index (χ0n) is 15.2. The van der Waals surface area contributed by atoms with Gasteiger partial charge in [0.1, 0.15) is 16.8 Å². The first kappa shape index (κ1) is 18.4. The topological polar surface area (TPSA) is 97.6 Å². The lowest BCUT2D eigenvalue weighted by Gasteiger charge is -2.22. The normalized spacial score (nSPS) is 17.5. The van der Waals surface area contributed by atoms with Crippen LogP contribution in [-0.2, 0) is 4.74 Å². The Morgan fingerprint density at radius 1 is 1.46 bits per heavy atom. The molecule has 1 saturated heterocycles. The average molecular weight is 378 g/mol. The smallest absolute Gasteiger partial charge is 0.407 e. The van der Waals surface area contributed by atoms with Gasteiger partial charge in [0.15, 0.2) is 0 Å². The number of nitro benzene ring substituents is 1. The molecule has 1 aliphatic heterocycles. The molecule has 1 aromatic heterocycles. The third kappa shape index (κ3) is 3.87. The number of aryl methyl sites for hydroxylation is 1. The number of amides is 1. The van der Waals surface area contributed by atoms with Gasteiger partial charge in [0, 0.05) is 19.2 Å². The summed E-state index contributed by atoms with van der Waals surface area (Å²) >= 11 is 1.51. The molecule has 1 aliphatic rings. The highest BCUT2D eigenvalue weighted by molar-refractivity contribution is 7.18. The minimum atomic E-state index is -0.565. The maximum Gasteiger partial charge on any atom is 0.407 e. The molecule has 8 nitrogen and oxygen atoms in total. The van der Waals surface area contributed by atoms with Crippen LogP contribution < -0.4 is 10.2 Å². The number of aromatic nitrogens is 1. The van der Waals surface area contributed by atoms with Gasteiger partial charge >= 0.3 is 6.09 Å². The molecule has 140 valence electrons. The molecule has 1 amide bonds. The number of anilines is 1. The van der Waals surface area contributed by atoms with Gasteiger partial charge in [-0.05, 0) is 40.2 Å². The fourth-order valence-electron chi connectivity index (χ4n) is 3.09. The first-order valence-corrected chi connectivity index (χ1v) is 9.25. The quantitative estimate of drug-likeness (QED) is 0.647. The summed E-state index contributed by atoms with van der Waals surface area (Å²) in [4.78, 5) is 29.5. The van der Waals surface area contributed by atoms with Crippen LogP contribution in [0.25, 0.3) is 10.2 Å². The average Bonchev–Trinajstić information content (AvgIpc) is 3.09. The molecule has 1 aromatic carbocycles. The monoisotopic (exact) mass is 378 g/mol. The van der Waals surface area contributed by atoms with Gasteiger partial charge in [0.05, 0.1) is 20.7 Å². The van der Waals surface area contributed by atoms with E-state index in [4.69, 9.17) is 4.74 Å². The summed E-state index contributed by atoms with van der Waals surface area (Å²) in [6.45, 7) is 8.40. The third-order valence-electron chi connectivity index (χ3n) is 4.04. The predicted molar refractivity (Wildman–Crippen MR) is 101 cm³/mol. The predicted octanol–water partition coefficient (Wildman–Crippen LogP) is 3.62. The summed E-state index contributed by atoms with van der Waals surface area (Å²) < 4.78 is 6.21. The SMILES string of the molecule is Cc1nc2c(N3CCC(NC(=O)OC(C)(C)C)C3)c([N+](=O)[O-])ccc2s1. The highest BCUT2D eigenvalue weighted by atomic mass is 32.1. The first-order chi connectivity index (χ1) is 12.1. The molecule has 1 atom stereocenters. The summed E-state index contributed by atoms with van der Waals surface area (Å²) in [6, 6.07) is 3.15. The molecule has 2 aromatic rings. The molecule has 0 radical (unpaired) electrons. The molecule has 1 fully saturated rings. The Morgan fingerprint density at radius 2 is 2.19 bits per heavy atom. The van der Waals surface area contributed by atoms with Crippen LogP contribution in [0.15, 0.2) is 12.1 Å². The zero-order chi connectivity index (χ0) is 19.1. The Labute approximate surface area is 155 Å². The molecule has 2 heterocycles. The van der Waals surface area contributed by atoms with Gasteiger partial charge in [0.2, 0.25) is 0 Å². The van der Waals surface area contributed by atoms with E-state index in [1.807, 2.05) is 32.6 Å². The van der Waals surface area contributed by atoms with Crippen LogP contribution in [0.1, 0.15) is 32.2 Å². The number of benzene rings is 1. The van der Waals surface area contributed by atoms with Crippen LogP contribution in [0.4, 0.5) is 16.2 Å². The summed E-state index contributed by atoms with van der Waals surface area (Å²) in [5, 5.41) is 15.2. The van der Waals surface area contributed by atoms with E-state index < -0.39 is 11.7 Å². The van der Waals surface area contributed by atoms with Crippen molar-refractivity contribution in [1.29, 1.82) is 0 Å². The van der Waals surface area contributed by atoms with Crippen molar-refractivity contribution in [2.75, 3.05) is 18.0 Å². The van der Waals surface area contributed by atoms with Crippen molar-refractivity contribution >= 4 is 39.0 Å². The highest BCUT2D eigenvalue weighted by Gasteiger charge is 2.32. The number of ether oxygens (including phenoxy) is 1. The lowest BCUT2D eigenvalue weighted by molar-refractivity contribution is -0.384. The number of alkyl carbamates (subject to hydrolysis) is 1. The largest absolute Gasteiger partial charge is 0.444 e. The van der Waals surface area contributed by atoms with Gasteiger partial charge in [-0.2, -0.15) is 0 Å². The number of carbonyl (C=O) groups excluding carboxylic acids is 1. The number of thiazole rings is 1. The molecule has 3 rings (SSSR count). The molecule has 0 bridgehead atoms. The Morgan fingerprint density at radius 3 is 2.85 bits per heavy atom. The van der Waals surface area contributed by atoms with Gasteiger partial charge in [0.25, 0.3) is 5.69 Å². The fourth-order valence-corrected chi connectivity index (χ4v) is 3.93. The number of hydrogen-bond acceptors (Lipinski definition) is 7. The molecule has 9 heteroatoms. The number of nitrogens with one attached hydrogen (secondary N) is 1. The number of carbonyl (C=O) groups is 1. The van der Waals surface area contributed by atoms with E-state index in [-0.39, 0.29) is 16.7 Å².